The van der Waals surface area contributed by atoms with Gasteiger partial charge in [-0.05, 0) is 83.5 Å². The molecule has 2 fully saturated rings. The van der Waals surface area contributed by atoms with Gasteiger partial charge in [-0.1, -0.05) is 202 Å². The molecule has 0 amide bonds. The smallest absolute Gasteiger partial charge is 0.306 e. The molecular formula is C63H110O14. The van der Waals surface area contributed by atoms with Crippen LogP contribution in [0, 0.1) is 0 Å². The summed E-state index contributed by atoms with van der Waals surface area (Å²) in [5.74, 6) is -0.384. The molecule has 0 aromatic carbocycles. The second kappa shape index (κ2) is 49.3. The number of aliphatic hydroxyl groups excluding tert-OH is 7. The highest BCUT2D eigenvalue weighted by Gasteiger charge is 2.47. The standard InChI is InChI=1S/C63H110O14/c1-3-5-7-9-11-13-15-17-19-21-23-24-25-26-27-28-29-30-32-34-36-38-40-42-44-46-55(65)75-52(49-72-47-45-43-41-39-37-35-33-31-22-20-18-16-14-12-10-8-6-4-2)50-73-62-61(71)59(69)57(67)54(77-62)51-74-63-60(70)58(68)56(66)53(48-64)76-63/h6,8,12,14-15,17-18,20-21,23,25-26,52-54,56-64,66-71H,3-5,7,9-11,13,16,19,22,24,27-51H2,1-2H3/b8-6-,14-12-,17-15-,20-18-,23-21-,26-25-. The first kappa shape index (κ1) is 70.5. The first-order valence-electron chi connectivity index (χ1n) is 30.5. The lowest BCUT2D eigenvalue weighted by atomic mass is 9.98. The average molecular weight is 1090 g/mol. The maximum absolute atomic E-state index is 13.1. The number of allylic oxidation sites excluding steroid dienone is 12. The van der Waals surface area contributed by atoms with Crippen molar-refractivity contribution in [2.45, 2.75) is 287 Å². The van der Waals surface area contributed by atoms with Crippen LogP contribution in [0.1, 0.15) is 219 Å². The zero-order valence-electron chi connectivity index (χ0n) is 47.9. The van der Waals surface area contributed by atoms with Gasteiger partial charge in [0.05, 0.1) is 26.4 Å². The second-order valence-corrected chi connectivity index (χ2v) is 21.1. The van der Waals surface area contributed by atoms with E-state index >= 15 is 0 Å². The Morgan fingerprint density at radius 2 is 0.844 bits per heavy atom. The summed E-state index contributed by atoms with van der Waals surface area (Å²) in [5, 5.41) is 72.4. The molecule has 446 valence electrons. The van der Waals surface area contributed by atoms with Gasteiger partial charge in [-0.15, -0.1) is 0 Å². The molecule has 77 heavy (non-hydrogen) atoms. The van der Waals surface area contributed by atoms with Crippen molar-refractivity contribution in [3.63, 3.8) is 0 Å². The fourth-order valence-electron chi connectivity index (χ4n) is 9.31. The third-order valence-corrected chi connectivity index (χ3v) is 14.2. The summed E-state index contributed by atoms with van der Waals surface area (Å²) in [7, 11) is 0. The van der Waals surface area contributed by atoms with E-state index in [-0.39, 0.29) is 25.6 Å². The van der Waals surface area contributed by atoms with E-state index in [4.69, 9.17) is 28.4 Å². The molecular weight excluding hydrogens is 981 g/mol. The number of carbonyl (C=O) groups excluding carboxylic acids is 1. The van der Waals surface area contributed by atoms with Crippen LogP contribution in [0.4, 0.5) is 0 Å². The van der Waals surface area contributed by atoms with Gasteiger partial charge in [-0.3, -0.25) is 4.79 Å². The fourth-order valence-corrected chi connectivity index (χ4v) is 9.31. The second-order valence-electron chi connectivity index (χ2n) is 21.1. The highest BCUT2D eigenvalue weighted by molar-refractivity contribution is 5.69. The van der Waals surface area contributed by atoms with E-state index in [1.54, 1.807) is 0 Å². The van der Waals surface area contributed by atoms with E-state index in [2.05, 4.69) is 86.8 Å². The van der Waals surface area contributed by atoms with Crippen molar-refractivity contribution < 1.29 is 69.0 Å². The summed E-state index contributed by atoms with van der Waals surface area (Å²) < 4.78 is 34.4. The normalized spacial score (nSPS) is 24.8. The van der Waals surface area contributed by atoms with E-state index in [0.717, 1.165) is 83.5 Å². The molecule has 0 radical (unpaired) electrons. The number of carbonyl (C=O) groups is 1. The lowest BCUT2D eigenvalue weighted by Gasteiger charge is -2.42. The molecule has 2 aliphatic rings. The topological polar surface area (TPSA) is 214 Å². The summed E-state index contributed by atoms with van der Waals surface area (Å²) in [6.45, 7) is 3.56. The number of aliphatic hydroxyl groups is 7. The van der Waals surface area contributed by atoms with Crippen molar-refractivity contribution in [2.75, 3.05) is 33.0 Å². The molecule has 0 aromatic rings. The molecule has 7 N–H and O–H groups in total. The molecule has 11 atom stereocenters. The largest absolute Gasteiger partial charge is 0.457 e. The number of hydrogen-bond acceptors (Lipinski definition) is 14. The zero-order valence-corrected chi connectivity index (χ0v) is 47.9. The molecule has 2 heterocycles. The summed E-state index contributed by atoms with van der Waals surface area (Å²) >= 11 is 0. The van der Waals surface area contributed by atoms with Crippen molar-refractivity contribution in [1.29, 1.82) is 0 Å². The number of unbranched alkanes of at least 4 members (excludes halogenated alkanes) is 23. The Bertz CT molecular complexity index is 1550. The van der Waals surface area contributed by atoms with E-state index in [9.17, 15) is 40.5 Å². The minimum Gasteiger partial charge on any atom is -0.457 e. The van der Waals surface area contributed by atoms with Crippen LogP contribution < -0.4 is 0 Å². The molecule has 2 aliphatic heterocycles. The lowest BCUT2D eigenvalue weighted by molar-refractivity contribution is -0.332. The van der Waals surface area contributed by atoms with Crippen molar-refractivity contribution in [3.05, 3.63) is 72.9 Å². The van der Waals surface area contributed by atoms with Crippen LogP contribution in [0.3, 0.4) is 0 Å². The van der Waals surface area contributed by atoms with Crippen LogP contribution in [0.25, 0.3) is 0 Å². The third kappa shape index (κ3) is 35.7. The van der Waals surface area contributed by atoms with Gasteiger partial charge < -0.3 is 64.2 Å². The van der Waals surface area contributed by atoms with Gasteiger partial charge in [0, 0.05) is 13.0 Å². The number of rotatable bonds is 49. The Labute approximate surface area is 466 Å². The molecule has 0 spiro atoms. The number of esters is 1. The Balaban J connectivity index is 1.69. The molecule has 14 nitrogen and oxygen atoms in total. The summed E-state index contributed by atoms with van der Waals surface area (Å²) in [6.07, 6.45) is 46.7. The minimum atomic E-state index is -1.71. The number of ether oxygens (including phenoxy) is 6. The van der Waals surface area contributed by atoms with Gasteiger partial charge in [0.25, 0.3) is 0 Å². The molecule has 0 aliphatic carbocycles. The van der Waals surface area contributed by atoms with Crippen molar-refractivity contribution in [1.82, 2.24) is 0 Å². The summed E-state index contributed by atoms with van der Waals surface area (Å²) in [5.41, 5.74) is 0. The maximum atomic E-state index is 13.1. The number of hydrogen-bond donors (Lipinski definition) is 7. The Hall–Kier alpha value is -2.57. The summed E-state index contributed by atoms with van der Waals surface area (Å²) in [6, 6.07) is 0. The molecule has 11 unspecified atom stereocenters. The van der Waals surface area contributed by atoms with Crippen LogP contribution in [0.5, 0.6) is 0 Å². The minimum absolute atomic E-state index is 0.0519. The monoisotopic (exact) mass is 1090 g/mol. The van der Waals surface area contributed by atoms with Crippen LogP contribution in [0.2, 0.25) is 0 Å². The van der Waals surface area contributed by atoms with E-state index in [1.807, 2.05) is 0 Å². The van der Waals surface area contributed by atoms with E-state index in [0.29, 0.717) is 13.0 Å². The van der Waals surface area contributed by atoms with Crippen LogP contribution in [-0.4, -0.2) is 142 Å². The average Bonchev–Trinajstić information content (AvgIpc) is 3.43. The fraction of sp³-hybridized carbons (Fsp3) is 0.794. The Kier molecular flexibility index (Phi) is 45.1. The van der Waals surface area contributed by atoms with Crippen molar-refractivity contribution in [3.8, 4) is 0 Å². The van der Waals surface area contributed by atoms with E-state index in [1.165, 1.54) is 109 Å². The molecule has 0 bridgehead atoms. The van der Waals surface area contributed by atoms with Crippen LogP contribution in [-0.2, 0) is 33.2 Å². The zero-order chi connectivity index (χ0) is 55.8. The predicted molar refractivity (Wildman–Crippen MR) is 307 cm³/mol. The highest BCUT2D eigenvalue weighted by atomic mass is 16.7. The molecule has 0 saturated carbocycles. The van der Waals surface area contributed by atoms with Crippen LogP contribution in [0.15, 0.2) is 72.9 Å². The first-order chi connectivity index (χ1) is 37.6. The first-order valence-corrected chi connectivity index (χ1v) is 30.5. The molecule has 0 aromatic heterocycles. The predicted octanol–water partition coefficient (Wildman–Crippen LogP) is 11.4. The van der Waals surface area contributed by atoms with Crippen molar-refractivity contribution in [2.24, 2.45) is 0 Å². The Morgan fingerprint density at radius 1 is 0.442 bits per heavy atom. The highest BCUT2D eigenvalue weighted by Crippen LogP contribution is 2.27. The molecule has 14 heteroatoms. The van der Waals surface area contributed by atoms with Gasteiger partial charge in [0.2, 0.25) is 0 Å². The third-order valence-electron chi connectivity index (χ3n) is 14.2. The van der Waals surface area contributed by atoms with Gasteiger partial charge in [0.15, 0.2) is 12.6 Å². The van der Waals surface area contributed by atoms with E-state index < -0.39 is 80.7 Å². The summed E-state index contributed by atoms with van der Waals surface area (Å²) in [4.78, 5) is 13.1. The quantitative estimate of drug-likeness (QED) is 0.0172. The van der Waals surface area contributed by atoms with Crippen LogP contribution >= 0.6 is 0 Å². The van der Waals surface area contributed by atoms with Gasteiger partial charge in [-0.2, -0.15) is 0 Å². The SMILES string of the molecule is CC/C=C\C/C=C\C/C=C\CCCCCCCCCCOCC(COC1OC(COC2OC(CO)C(O)C(O)C2O)C(O)C(O)C1O)OC(=O)CCCCCCCCCCCC/C=C\C/C=C\C/C=C\CCCCCCC. The van der Waals surface area contributed by atoms with Gasteiger partial charge >= 0.3 is 5.97 Å². The lowest BCUT2D eigenvalue weighted by Crippen LogP contribution is -2.61. The Morgan fingerprint density at radius 3 is 1.32 bits per heavy atom. The van der Waals surface area contributed by atoms with Gasteiger partial charge in [0.1, 0.15) is 54.9 Å². The van der Waals surface area contributed by atoms with Crippen molar-refractivity contribution >= 4 is 5.97 Å². The maximum Gasteiger partial charge on any atom is 0.306 e. The molecule has 2 saturated heterocycles. The molecule has 2 rings (SSSR count). The van der Waals surface area contributed by atoms with Gasteiger partial charge in [-0.25, -0.2) is 0 Å².